The Bertz CT molecular complexity index is 670. The van der Waals surface area contributed by atoms with Crippen LogP contribution in [0.1, 0.15) is 30.5 Å². The summed E-state index contributed by atoms with van der Waals surface area (Å²) in [5.41, 5.74) is 3.54. The smallest absolute Gasteiger partial charge is 0.575 e. The predicted molar refractivity (Wildman–Crippen MR) is 83.8 cm³/mol. The summed E-state index contributed by atoms with van der Waals surface area (Å²) in [5, 5.41) is 19.2. The van der Waals surface area contributed by atoms with Gasteiger partial charge in [-0.2, -0.15) is 12.1 Å². The van der Waals surface area contributed by atoms with Crippen LogP contribution in [0.25, 0.3) is 6.08 Å². The molecular weight excluding hydrogens is 736 g/mol. The maximum Gasteiger partial charge on any atom is 2.00 e. The Morgan fingerprint density at radius 3 is 2.48 bits per heavy atom. The van der Waals surface area contributed by atoms with Crippen molar-refractivity contribution in [2.24, 2.45) is 0 Å². The van der Waals surface area contributed by atoms with Crippen LogP contribution >= 0.6 is 0 Å². The van der Waals surface area contributed by atoms with Gasteiger partial charge in [0.25, 0.3) is 0 Å². The molecule has 0 saturated carbocycles. The number of hydrogen-bond acceptors (Lipinski definition) is 2. The van der Waals surface area contributed by atoms with E-state index in [1.165, 1.54) is 11.6 Å². The van der Waals surface area contributed by atoms with Crippen LogP contribution in [0.15, 0.2) is 42.0 Å². The number of rotatable bonds is 4. The standard InChI is InChI=1S/C19H17O2.2U/c1-14(2)3-9-17-10-6-16(13-19(17)21)5-4-15-7-11-18(20)12-8-15;;/h3-4,6-7,11-13,20-21H,9H2,1-2H3;;/q-3;;+2. The fourth-order valence-electron chi connectivity index (χ4n) is 1.75. The monoisotopic (exact) mass is 753 g/mol. The molecule has 0 aliphatic heterocycles. The molecule has 4 heteroatoms. The molecule has 0 fully saturated rings. The van der Waals surface area contributed by atoms with Gasteiger partial charge < -0.3 is 10.2 Å². The van der Waals surface area contributed by atoms with E-state index in [0.717, 1.165) is 16.7 Å². The van der Waals surface area contributed by atoms with Crippen molar-refractivity contribution >= 4 is 6.08 Å². The third-order valence-electron chi connectivity index (χ3n) is 2.93. The summed E-state index contributed by atoms with van der Waals surface area (Å²) in [6, 6.07) is 14.3. The van der Waals surface area contributed by atoms with Crippen molar-refractivity contribution in [3.05, 3.63) is 76.9 Å². The van der Waals surface area contributed by atoms with Gasteiger partial charge in [0, 0.05) is 36.9 Å². The van der Waals surface area contributed by atoms with Crippen LogP contribution in [0, 0.1) is 80.4 Å². The van der Waals surface area contributed by atoms with Gasteiger partial charge >= 0.3 is 31.1 Å². The van der Waals surface area contributed by atoms with Crippen LogP contribution in [-0.4, -0.2) is 10.2 Å². The van der Waals surface area contributed by atoms with Crippen molar-refractivity contribution in [2.45, 2.75) is 20.3 Å². The molecule has 0 amide bonds. The first-order valence-corrected chi connectivity index (χ1v) is 6.72. The van der Waals surface area contributed by atoms with E-state index in [0.29, 0.717) is 6.42 Å². The molecule has 0 atom stereocenters. The molecule has 0 heterocycles. The van der Waals surface area contributed by atoms with E-state index in [1.54, 1.807) is 30.3 Å². The molecule has 0 aliphatic carbocycles. The zero-order valence-corrected chi connectivity index (χ0v) is 21.5. The summed E-state index contributed by atoms with van der Waals surface area (Å²) in [6.45, 7) is 4.05. The van der Waals surface area contributed by atoms with Crippen LogP contribution < -0.4 is 0 Å². The second-order valence-electron chi connectivity index (χ2n) is 5.03. The zero-order chi connectivity index (χ0) is 15.2. The third-order valence-corrected chi connectivity index (χ3v) is 2.93. The van der Waals surface area contributed by atoms with E-state index < -0.39 is 0 Å². The second kappa shape index (κ2) is 11.2. The Hall–Kier alpha value is -0.376. The molecule has 0 aliphatic rings. The maximum absolute atomic E-state index is 9.98. The number of aromatic hydroxyl groups is 2. The SMILES string of the molecule is CC(C)=CCc1[c-]cc([C-]=Cc2[c-]cc(O)cc2)cc1O.[U+2].[U]. The summed E-state index contributed by atoms with van der Waals surface area (Å²) in [7, 11) is 0. The van der Waals surface area contributed by atoms with Crippen LogP contribution in [0.4, 0.5) is 0 Å². The Morgan fingerprint density at radius 1 is 1.17 bits per heavy atom. The number of benzene rings is 2. The second-order valence-corrected chi connectivity index (χ2v) is 5.03. The molecule has 0 bridgehead atoms. The van der Waals surface area contributed by atoms with Gasteiger partial charge in [0.05, 0.1) is 0 Å². The minimum absolute atomic E-state index is 0. The largest absolute Gasteiger partial charge is 2.00 e. The van der Waals surface area contributed by atoms with Crippen LogP contribution in [0.5, 0.6) is 11.5 Å². The van der Waals surface area contributed by atoms with E-state index in [4.69, 9.17) is 0 Å². The predicted octanol–water partition coefficient (Wildman–Crippen LogP) is 4.07. The molecule has 2 rings (SSSR count). The van der Waals surface area contributed by atoms with E-state index in [-0.39, 0.29) is 73.7 Å². The fourth-order valence-corrected chi connectivity index (χ4v) is 1.75. The first-order valence-electron chi connectivity index (χ1n) is 6.72. The summed E-state index contributed by atoms with van der Waals surface area (Å²) in [4.78, 5) is 0. The molecular formula is C19H17O2U2-. The zero-order valence-electron chi connectivity index (χ0n) is 13.1. The molecule has 2 N–H and O–H groups in total. The van der Waals surface area contributed by atoms with E-state index >= 15 is 0 Å². The minimum atomic E-state index is 0. The molecule has 0 spiro atoms. The van der Waals surface area contributed by atoms with Crippen LogP contribution in [0.2, 0.25) is 0 Å². The van der Waals surface area contributed by atoms with Gasteiger partial charge in [-0.3, -0.25) is 17.7 Å². The normalized spacial score (nSPS) is 9.83. The quantitative estimate of drug-likeness (QED) is 0.281. The molecule has 0 unspecified atom stereocenters. The minimum Gasteiger partial charge on any atom is -0.575 e. The van der Waals surface area contributed by atoms with E-state index in [9.17, 15) is 10.2 Å². The van der Waals surface area contributed by atoms with Crippen molar-refractivity contribution in [1.29, 1.82) is 0 Å². The number of phenols is 2. The van der Waals surface area contributed by atoms with Crippen molar-refractivity contribution < 1.29 is 72.4 Å². The Kier molecular flexibility index (Phi) is 11.0. The molecule has 0 aromatic heterocycles. The van der Waals surface area contributed by atoms with Gasteiger partial charge in [0.1, 0.15) is 0 Å². The van der Waals surface area contributed by atoms with Crippen molar-refractivity contribution in [1.82, 2.24) is 0 Å². The molecule has 0 radical (unpaired) electrons. The Balaban J connectivity index is 0.00000242. The summed E-state index contributed by atoms with van der Waals surface area (Å²) >= 11 is 0. The van der Waals surface area contributed by atoms with Gasteiger partial charge in [-0.25, -0.2) is 23.8 Å². The van der Waals surface area contributed by atoms with Gasteiger partial charge in [0.15, 0.2) is 0 Å². The fraction of sp³-hybridized carbons (Fsp3) is 0.158. The number of allylic oxidation sites excluding steroid dienone is 2. The topological polar surface area (TPSA) is 40.5 Å². The van der Waals surface area contributed by atoms with Crippen molar-refractivity contribution in [3.8, 4) is 11.5 Å². The van der Waals surface area contributed by atoms with Gasteiger partial charge in [-0.05, 0) is 26.0 Å². The Morgan fingerprint density at radius 2 is 1.91 bits per heavy atom. The van der Waals surface area contributed by atoms with Crippen LogP contribution in [-0.2, 0) is 6.42 Å². The number of phenolic OH excluding ortho intramolecular Hbond substituents is 2. The maximum atomic E-state index is 9.98. The summed E-state index contributed by atoms with van der Waals surface area (Å²) < 4.78 is 0. The van der Waals surface area contributed by atoms with Gasteiger partial charge in [-0.1, -0.05) is 11.6 Å². The first kappa shape index (κ1) is 22.6. The molecule has 114 valence electrons. The molecule has 2 nitrogen and oxygen atoms in total. The van der Waals surface area contributed by atoms with E-state index in [1.807, 2.05) is 13.8 Å². The molecule has 2 aromatic carbocycles. The first-order chi connectivity index (χ1) is 10.0. The molecule has 2 aromatic rings. The molecule has 23 heavy (non-hydrogen) atoms. The van der Waals surface area contributed by atoms with Crippen molar-refractivity contribution in [3.63, 3.8) is 0 Å². The number of hydrogen-bond donors (Lipinski definition) is 2. The average Bonchev–Trinajstić information content (AvgIpc) is 2.45. The van der Waals surface area contributed by atoms with Crippen molar-refractivity contribution in [2.75, 3.05) is 0 Å². The Labute approximate surface area is 185 Å². The molecule has 0 saturated heterocycles. The van der Waals surface area contributed by atoms with Crippen LogP contribution in [0.3, 0.4) is 0 Å². The summed E-state index contributed by atoms with van der Waals surface area (Å²) in [5.74, 6) is 0.405. The van der Waals surface area contributed by atoms with E-state index in [2.05, 4.69) is 24.3 Å². The summed E-state index contributed by atoms with van der Waals surface area (Å²) in [6.07, 6.45) is 7.54. The average molecular weight is 753 g/mol. The van der Waals surface area contributed by atoms with Gasteiger partial charge in [0.2, 0.25) is 0 Å². The third kappa shape index (κ3) is 7.82. The van der Waals surface area contributed by atoms with Gasteiger partial charge in [-0.15, -0.1) is 17.7 Å².